The average molecular weight is 445 g/mol. The molecule has 33 heavy (non-hydrogen) atoms. The minimum Gasteiger partial charge on any atom is -0.339 e. The van der Waals surface area contributed by atoms with Crippen LogP contribution in [0.2, 0.25) is 0 Å². The van der Waals surface area contributed by atoms with Gasteiger partial charge in [0, 0.05) is 44.0 Å². The summed E-state index contributed by atoms with van der Waals surface area (Å²) >= 11 is 0. The third kappa shape index (κ3) is 3.95. The lowest BCUT2D eigenvalue weighted by molar-refractivity contribution is 0.248. The molecule has 6 rings (SSSR count). The van der Waals surface area contributed by atoms with Crippen LogP contribution in [-0.2, 0) is 6.54 Å². The first-order chi connectivity index (χ1) is 16.3. The fraction of sp³-hybridized carbons (Fsp3) is 0.423. The van der Waals surface area contributed by atoms with E-state index in [1.807, 2.05) is 18.2 Å². The third-order valence-corrected chi connectivity index (χ3v) is 7.17. The molecule has 0 unspecified atom stereocenters. The Bertz CT molecular complexity index is 1270. The molecule has 2 aromatic heterocycles. The number of halogens is 1. The maximum absolute atomic E-state index is 13.6. The van der Waals surface area contributed by atoms with Gasteiger partial charge in [-0.3, -0.25) is 4.90 Å². The summed E-state index contributed by atoms with van der Waals surface area (Å²) < 4.78 is 15.8. The number of hydrogen-bond acceptors (Lipinski definition) is 5. The average Bonchev–Trinajstić information content (AvgIpc) is 3.30. The first-order valence-electron chi connectivity index (χ1n) is 12.1. The van der Waals surface area contributed by atoms with Crippen molar-refractivity contribution in [2.45, 2.75) is 44.6 Å². The highest BCUT2D eigenvalue weighted by Gasteiger charge is 2.27. The van der Waals surface area contributed by atoms with Gasteiger partial charge in [0.25, 0.3) is 0 Å². The summed E-state index contributed by atoms with van der Waals surface area (Å²) in [5.41, 5.74) is 2.90. The van der Waals surface area contributed by atoms with Crippen LogP contribution in [0.15, 0.2) is 48.5 Å². The smallest absolute Gasteiger partial charge is 0.213 e. The van der Waals surface area contributed by atoms with Crippen molar-refractivity contribution in [3.8, 4) is 0 Å². The Morgan fingerprint density at radius 3 is 2.52 bits per heavy atom. The zero-order valence-electron chi connectivity index (χ0n) is 18.8. The Kier molecular flexibility index (Phi) is 5.42. The van der Waals surface area contributed by atoms with Crippen molar-refractivity contribution in [2.75, 3.05) is 31.1 Å². The molecule has 0 spiro atoms. The van der Waals surface area contributed by atoms with Gasteiger partial charge in [0.05, 0.1) is 5.52 Å². The van der Waals surface area contributed by atoms with E-state index in [1.54, 1.807) is 12.1 Å². The van der Waals surface area contributed by atoms with E-state index in [9.17, 15) is 4.39 Å². The molecule has 3 heterocycles. The maximum Gasteiger partial charge on any atom is 0.213 e. The van der Waals surface area contributed by atoms with E-state index in [4.69, 9.17) is 10.1 Å². The van der Waals surface area contributed by atoms with Gasteiger partial charge in [0.15, 0.2) is 5.65 Å². The Morgan fingerprint density at radius 1 is 0.879 bits per heavy atom. The Morgan fingerprint density at radius 2 is 1.70 bits per heavy atom. The molecule has 7 heteroatoms. The Labute approximate surface area is 193 Å². The lowest BCUT2D eigenvalue weighted by atomic mass is 9.89. The van der Waals surface area contributed by atoms with E-state index in [0.717, 1.165) is 66.6 Å². The van der Waals surface area contributed by atoms with Crippen molar-refractivity contribution in [1.82, 2.24) is 24.5 Å². The summed E-state index contributed by atoms with van der Waals surface area (Å²) in [6.45, 7) is 4.34. The van der Waals surface area contributed by atoms with Gasteiger partial charge in [-0.2, -0.15) is 0 Å². The van der Waals surface area contributed by atoms with Gasteiger partial charge >= 0.3 is 0 Å². The fourth-order valence-corrected chi connectivity index (χ4v) is 5.42. The summed E-state index contributed by atoms with van der Waals surface area (Å²) in [7, 11) is 0. The molecule has 1 aliphatic carbocycles. The first kappa shape index (κ1) is 20.5. The predicted octanol–water partition coefficient (Wildman–Crippen LogP) is 4.79. The number of aromatic nitrogens is 4. The van der Waals surface area contributed by atoms with Crippen LogP contribution >= 0.6 is 0 Å². The van der Waals surface area contributed by atoms with Crippen LogP contribution in [0.5, 0.6) is 0 Å². The standard InChI is InChI=1S/C26H29FN6/c27-21-10-6-7-19(17-21)18-31-13-15-32(16-14-31)26-28-23-12-5-4-11-22(23)25-30-29-24(33(25)26)20-8-2-1-3-9-20/h4-7,10-12,17,20H,1-3,8-9,13-16,18H2. The summed E-state index contributed by atoms with van der Waals surface area (Å²) in [5, 5.41) is 10.4. The van der Waals surface area contributed by atoms with Crippen LogP contribution in [0, 0.1) is 5.82 Å². The molecule has 0 amide bonds. The van der Waals surface area contributed by atoms with Gasteiger partial charge in [0.2, 0.25) is 5.95 Å². The number of fused-ring (bicyclic) bond motifs is 3. The van der Waals surface area contributed by atoms with E-state index in [1.165, 1.54) is 38.2 Å². The van der Waals surface area contributed by atoms with Crippen molar-refractivity contribution in [1.29, 1.82) is 0 Å². The van der Waals surface area contributed by atoms with Crippen LogP contribution in [0.3, 0.4) is 0 Å². The second-order valence-corrected chi connectivity index (χ2v) is 9.37. The van der Waals surface area contributed by atoms with Crippen molar-refractivity contribution in [3.63, 3.8) is 0 Å². The van der Waals surface area contributed by atoms with Gasteiger partial charge < -0.3 is 4.90 Å². The van der Waals surface area contributed by atoms with Crippen LogP contribution in [0.25, 0.3) is 16.6 Å². The van der Waals surface area contributed by atoms with E-state index < -0.39 is 0 Å². The second-order valence-electron chi connectivity index (χ2n) is 9.37. The number of rotatable bonds is 4. The largest absolute Gasteiger partial charge is 0.339 e. The highest BCUT2D eigenvalue weighted by atomic mass is 19.1. The Balaban J connectivity index is 1.32. The van der Waals surface area contributed by atoms with E-state index in [2.05, 4.69) is 31.4 Å². The molecule has 0 atom stereocenters. The minimum atomic E-state index is -0.170. The maximum atomic E-state index is 13.6. The molecule has 2 aliphatic rings. The molecule has 1 aliphatic heterocycles. The third-order valence-electron chi connectivity index (χ3n) is 7.17. The zero-order valence-corrected chi connectivity index (χ0v) is 18.8. The summed E-state index contributed by atoms with van der Waals surface area (Å²) in [6, 6.07) is 15.2. The van der Waals surface area contributed by atoms with Gasteiger partial charge in [-0.15, -0.1) is 10.2 Å². The van der Waals surface area contributed by atoms with Gasteiger partial charge in [-0.1, -0.05) is 43.5 Å². The topological polar surface area (TPSA) is 49.6 Å². The van der Waals surface area contributed by atoms with Gasteiger partial charge in [0.1, 0.15) is 11.6 Å². The van der Waals surface area contributed by atoms with Crippen molar-refractivity contribution in [2.24, 2.45) is 0 Å². The van der Waals surface area contributed by atoms with Crippen LogP contribution in [0.4, 0.5) is 10.3 Å². The monoisotopic (exact) mass is 444 g/mol. The molecular formula is C26H29FN6. The van der Waals surface area contributed by atoms with Crippen molar-refractivity contribution >= 4 is 22.5 Å². The summed E-state index contributed by atoms with van der Waals surface area (Å²) in [5.74, 6) is 2.31. The fourth-order valence-electron chi connectivity index (χ4n) is 5.42. The number of piperazine rings is 1. The molecular weight excluding hydrogens is 415 g/mol. The van der Waals surface area contributed by atoms with E-state index in [0.29, 0.717) is 5.92 Å². The minimum absolute atomic E-state index is 0.170. The quantitative estimate of drug-likeness (QED) is 0.453. The number of para-hydroxylation sites is 1. The van der Waals surface area contributed by atoms with Crippen molar-refractivity contribution < 1.29 is 4.39 Å². The number of hydrogen-bond donors (Lipinski definition) is 0. The molecule has 0 bridgehead atoms. The van der Waals surface area contributed by atoms with Crippen LogP contribution < -0.4 is 4.90 Å². The van der Waals surface area contributed by atoms with Crippen molar-refractivity contribution in [3.05, 3.63) is 65.7 Å². The molecule has 6 nitrogen and oxygen atoms in total. The number of anilines is 1. The Hall–Kier alpha value is -3.06. The highest BCUT2D eigenvalue weighted by molar-refractivity contribution is 5.92. The lowest BCUT2D eigenvalue weighted by Crippen LogP contribution is -2.47. The second kappa shape index (κ2) is 8.71. The molecule has 0 N–H and O–H groups in total. The highest BCUT2D eigenvalue weighted by Crippen LogP contribution is 2.34. The summed E-state index contributed by atoms with van der Waals surface area (Å²) in [4.78, 5) is 9.88. The van der Waals surface area contributed by atoms with Crippen LogP contribution in [-0.4, -0.2) is 50.7 Å². The van der Waals surface area contributed by atoms with Gasteiger partial charge in [-0.25, -0.2) is 13.8 Å². The molecule has 0 radical (unpaired) electrons. The zero-order chi connectivity index (χ0) is 22.2. The number of nitrogens with zero attached hydrogens (tertiary/aromatic N) is 6. The molecule has 1 saturated carbocycles. The molecule has 4 aromatic rings. The normalized spacial score (nSPS) is 18.4. The predicted molar refractivity (Wildman–Crippen MR) is 128 cm³/mol. The molecule has 2 aromatic carbocycles. The first-order valence-corrected chi connectivity index (χ1v) is 12.1. The van der Waals surface area contributed by atoms with E-state index in [-0.39, 0.29) is 5.82 Å². The summed E-state index contributed by atoms with van der Waals surface area (Å²) in [6.07, 6.45) is 6.18. The molecule has 1 saturated heterocycles. The van der Waals surface area contributed by atoms with E-state index >= 15 is 0 Å². The molecule has 2 fully saturated rings. The molecule has 170 valence electrons. The SMILES string of the molecule is Fc1cccc(CN2CCN(c3nc4ccccc4c4nnc(C5CCCCC5)n34)CC2)c1. The van der Waals surface area contributed by atoms with Crippen LogP contribution in [0.1, 0.15) is 49.4 Å². The number of benzene rings is 2. The van der Waals surface area contributed by atoms with Gasteiger partial charge in [-0.05, 0) is 42.7 Å². The lowest BCUT2D eigenvalue weighted by Gasteiger charge is -2.36.